The predicted octanol–water partition coefficient (Wildman–Crippen LogP) is 3.55. The first-order chi connectivity index (χ1) is 9.49. The fraction of sp³-hybridized carbons (Fsp3) is 0.333. The van der Waals surface area contributed by atoms with Gasteiger partial charge in [0.2, 0.25) is 0 Å². The van der Waals surface area contributed by atoms with Crippen molar-refractivity contribution in [3.63, 3.8) is 0 Å². The molecule has 0 spiro atoms. The van der Waals surface area contributed by atoms with Gasteiger partial charge in [0, 0.05) is 17.5 Å². The van der Waals surface area contributed by atoms with Gasteiger partial charge in [-0.15, -0.1) is 11.3 Å². The Morgan fingerprint density at radius 2 is 2.00 bits per heavy atom. The summed E-state index contributed by atoms with van der Waals surface area (Å²) in [4.78, 5) is 1.20. The van der Waals surface area contributed by atoms with Gasteiger partial charge in [-0.25, -0.2) is 8.78 Å². The van der Waals surface area contributed by atoms with E-state index in [2.05, 4.69) is 5.32 Å². The van der Waals surface area contributed by atoms with Crippen LogP contribution in [0.5, 0.6) is 0 Å². The standard InChI is InChI=1S/C15H17F2NOS/c1-9-5-6-20-14(9)8-18-10(2)15(19)11-3-4-12(16)13(17)7-11/h3-7,10,15,18-19H,8H2,1-2H3. The number of nitrogens with one attached hydrogen (secondary N) is 1. The van der Waals surface area contributed by atoms with Gasteiger partial charge >= 0.3 is 0 Å². The molecule has 1 aromatic carbocycles. The van der Waals surface area contributed by atoms with Crippen LogP contribution in [0.2, 0.25) is 0 Å². The fourth-order valence-electron chi connectivity index (χ4n) is 1.94. The van der Waals surface area contributed by atoms with E-state index >= 15 is 0 Å². The molecule has 0 amide bonds. The van der Waals surface area contributed by atoms with E-state index in [0.29, 0.717) is 12.1 Å². The van der Waals surface area contributed by atoms with Gasteiger partial charge in [0.15, 0.2) is 11.6 Å². The molecular weight excluding hydrogens is 280 g/mol. The minimum absolute atomic E-state index is 0.263. The molecule has 2 rings (SSSR count). The average Bonchev–Trinajstić information content (AvgIpc) is 2.84. The lowest BCUT2D eigenvalue weighted by Crippen LogP contribution is -2.31. The van der Waals surface area contributed by atoms with Crippen LogP contribution in [0.15, 0.2) is 29.6 Å². The fourth-order valence-corrected chi connectivity index (χ4v) is 2.79. The summed E-state index contributed by atoms with van der Waals surface area (Å²) < 4.78 is 26.0. The topological polar surface area (TPSA) is 32.3 Å². The second kappa shape index (κ2) is 6.43. The molecule has 2 aromatic rings. The smallest absolute Gasteiger partial charge is 0.159 e. The van der Waals surface area contributed by atoms with Gasteiger partial charge < -0.3 is 10.4 Å². The quantitative estimate of drug-likeness (QED) is 0.884. The number of aliphatic hydroxyl groups excluding tert-OH is 1. The van der Waals surface area contributed by atoms with Crippen molar-refractivity contribution in [1.82, 2.24) is 5.32 Å². The third-order valence-electron chi connectivity index (χ3n) is 3.31. The number of rotatable bonds is 5. The summed E-state index contributed by atoms with van der Waals surface area (Å²) in [6.45, 7) is 4.49. The summed E-state index contributed by atoms with van der Waals surface area (Å²) in [7, 11) is 0. The molecule has 2 unspecified atom stereocenters. The molecule has 20 heavy (non-hydrogen) atoms. The number of aryl methyl sites for hydroxylation is 1. The maximum absolute atomic E-state index is 13.2. The largest absolute Gasteiger partial charge is 0.387 e. The molecule has 2 atom stereocenters. The molecule has 1 aromatic heterocycles. The number of thiophene rings is 1. The lowest BCUT2D eigenvalue weighted by atomic mass is 10.0. The van der Waals surface area contributed by atoms with Gasteiger partial charge in [-0.05, 0) is 48.6 Å². The molecule has 2 nitrogen and oxygen atoms in total. The number of halogens is 2. The maximum Gasteiger partial charge on any atom is 0.159 e. The maximum atomic E-state index is 13.2. The van der Waals surface area contributed by atoms with Crippen LogP contribution in [-0.2, 0) is 6.54 Å². The van der Waals surface area contributed by atoms with Crippen LogP contribution in [0.1, 0.15) is 29.0 Å². The van der Waals surface area contributed by atoms with E-state index in [0.717, 1.165) is 12.1 Å². The van der Waals surface area contributed by atoms with Crippen molar-refractivity contribution in [2.45, 2.75) is 32.5 Å². The van der Waals surface area contributed by atoms with Gasteiger partial charge in [0.25, 0.3) is 0 Å². The van der Waals surface area contributed by atoms with Crippen molar-refractivity contribution < 1.29 is 13.9 Å². The summed E-state index contributed by atoms with van der Waals surface area (Å²) >= 11 is 1.65. The Kier molecular flexibility index (Phi) is 4.86. The molecule has 0 bridgehead atoms. The first-order valence-electron chi connectivity index (χ1n) is 6.38. The van der Waals surface area contributed by atoms with Crippen LogP contribution in [0.3, 0.4) is 0 Å². The molecule has 2 N–H and O–H groups in total. The van der Waals surface area contributed by atoms with Crippen molar-refractivity contribution in [1.29, 1.82) is 0 Å². The molecule has 0 radical (unpaired) electrons. The highest BCUT2D eigenvalue weighted by Gasteiger charge is 2.18. The highest BCUT2D eigenvalue weighted by Crippen LogP contribution is 2.21. The van der Waals surface area contributed by atoms with Gasteiger partial charge in [0.05, 0.1) is 6.10 Å². The van der Waals surface area contributed by atoms with Crippen molar-refractivity contribution in [2.75, 3.05) is 0 Å². The zero-order valence-electron chi connectivity index (χ0n) is 11.4. The van der Waals surface area contributed by atoms with Crippen LogP contribution in [0, 0.1) is 18.6 Å². The van der Waals surface area contributed by atoms with Crippen molar-refractivity contribution in [3.8, 4) is 0 Å². The van der Waals surface area contributed by atoms with E-state index in [1.807, 2.05) is 25.3 Å². The Morgan fingerprint density at radius 1 is 1.25 bits per heavy atom. The average molecular weight is 297 g/mol. The van der Waals surface area contributed by atoms with Crippen LogP contribution < -0.4 is 5.32 Å². The van der Waals surface area contributed by atoms with E-state index in [1.54, 1.807) is 11.3 Å². The molecule has 5 heteroatoms. The summed E-state index contributed by atoms with van der Waals surface area (Å²) in [6.07, 6.45) is -0.884. The van der Waals surface area contributed by atoms with Crippen LogP contribution in [0.25, 0.3) is 0 Å². The molecule has 0 fully saturated rings. The highest BCUT2D eigenvalue weighted by molar-refractivity contribution is 7.10. The van der Waals surface area contributed by atoms with Gasteiger partial charge in [-0.2, -0.15) is 0 Å². The van der Waals surface area contributed by atoms with Gasteiger partial charge in [-0.3, -0.25) is 0 Å². The van der Waals surface area contributed by atoms with Crippen molar-refractivity contribution >= 4 is 11.3 Å². The van der Waals surface area contributed by atoms with E-state index < -0.39 is 17.7 Å². The molecule has 0 saturated carbocycles. The first kappa shape index (κ1) is 15.1. The molecule has 0 aliphatic rings. The van der Waals surface area contributed by atoms with Crippen LogP contribution in [-0.4, -0.2) is 11.1 Å². The predicted molar refractivity (Wildman–Crippen MR) is 76.7 cm³/mol. The van der Waals surface area contributed by atoms with E-state index in [9.17, 15) is 13.9 Å². The molecule has 0 aliphatic carbocycles. The summed E-state index contributed by atoms with van der Waals surface area (Å²) in [5.41, 5.74) is 1.57. The SMILES string of the molecule is Cc1ccsc1CNC(C)C(O)c1ccc(F)c(F)c1. The molecular formula is C15H17F2NOS. The van der Waals surface area contributed by atoms with Gasteiger partial charge in [-0.1, -0.05) is 6.07 Å². The molecule has 108 valence electrons. The van der Waals surface area contributed by atoms with E-state index in [-0.39, 0.29) is 6.04 Å². The van der Waals surface area contributed by atoms with E-state index in [4.69, 9.17) is 0 Å². The third-order valence-corrected chi connectivity index (χ3v) is 4.33. The molecule has 1 heterocycles. The number of aliphatic hydroxyl groups is 1. The molecule has 0 aliphatic heterocycles. The lowest BCUT2D eigenvalue weighted by Gasteiger charge is -2.20. The van der Waals surface area contributed by atoms with Gasteiger partial charge in [0.1, 0.15) is 0 Å². The Morgan fingerprint density at radius 3 is 2.60 bits per heavy atom. The first-order valence-corrected chi connectivity index (χ1v) is 7.26. The Labute approximate surface area is 121 Å². The monoisotopic (exact) mass is 297 g/mol. The number of benzene rings is 1. The Bertz CT molecular complexity index is 585. The van der Waals surface area contributed by atoms with Crippen LogP contribution >= 0.6 is 11.3 Å². The van der Waals surface area contributed by atoms with E-state index in [1.165, 1.54) is 16.5 Å². The third kappa shape index (κ3) is 3.42. The van der Waals surface area contributed by atoms with Crippen LogP contribution in [0.4, 0.5) is 8.78 Å². The minimum Gasteiger partial charge on any atom is -0.387 e. The second-order valence-corrected chi connectivity index (χ2v) is 5.82. The molecule has 0 saturated heterocycles. The normalized spacial score (nSPS) is 14.2. The van der Waals surface area contributed by atoms with Crippen molar-refractivity contribution in [3.05, 3.63) is 57.3 Å². The Balaban J connectivity index is 1.99. The highest BCUT2D eigenvalue weighted by atomic mass is 32.1. The Hall–Kier alpha value is -1.30. The lowest BCUT2D eigenvalue weighted by molar-refractivity contribution is 0.135. The zero-order valence-corrected chi connectivity index (χ0v) is 12.2. The summed E-state index contributed by atoms with van der Waals surface area (Å²) in [5, 5.41) is 15.4. The number of hydrogen-bond acceptors (Lipinski definition) is 3. The van der Waals surface area contributed by atoms with Crippen molar-refractivity contribution in [2.24, 2.45) is 0 Å². The zero-order chi connectivity index (χ0) is 14.7. The number of hydrogen-bond donors (Lipinski definition) is 2. The second-order valence-electron chi connectivity index (χ2n) is 4.81. The summed E-state index contributed by atoms with van der Waals surface area (Å²) in [6, 6.07) is 5.25. The minimum atomic E-state index is -0.942. The summed E-state index contributed by atoms with van der Waals surface area (Å²) in [5.74, 6) is -1.85.